The fourth-order valence-corrected chi connectivity index (χ4v) is 0.601. The summed E-state index contributed by atoms with van der Waals surface area (Å²) in [6.07, 6.45) is 0. The van der Waals surface area contributed by atoms with Gasteiger partial charge >= 0.3 is 0 Å². The molecule has 3 nitrogen and oxygen atoms in total. The van der Waals surface area contributed by atoms with Gasteiger partial charge in [0.15, 0.2) is 5.17 Å². The minimum absolute atomic E-state index is 0. The molecule has 0 aromatic carbocycles. The molecule has 0 saturated heterocycles. The van der Waals surface area contributed by atoms with Crippen molar-refractivity contribution in [3.63, 3.8) is 0 Å². The van der Waals surface area contributed by atoms with Crippen molar-refractivity contribution >= 4 is 33.9 Å². The number of hydrogen-bond acceptors (Lipinski definition) is 3. The van der Waals surface area contributed by atoms with Crippen LogP contribution in [0.3, 0.4) is 0 Å². The molecule has 0 aliphatic heterocycles. The van der Waals surface area contributed by atoms with Gasteiger partial charge in [0.1, 0.15) is 0 Å². The number of nitrogens with two attached hydrogens (primary N) is 2. The average Bonchev–Trinajstić information content (AvgIpc) is 1.27. The molecular formula is C3H10BrN3S. The van der Waals surface area contributed by atoms with E-state index in [0.717, 1.165) is 11.8 Å². The van der Waals surface area contributed by atoms with E-state index in [1.807, 2.05) is 0 Å². The van der Waals surface area contributed by atoms with E-state index < -0.39 is 0 Å². The second kappa shape index (κ2) is 5.40. The lowest BCUT2D eigenvalue weighted by atomic mass is 10.8. The molecule has 1 atom stereocenters. The summed E-state index contributed by atoms with van der Waals surface area (Å²) in [6, 6.07) is 0. The first-order valence-electron chi connectivity index (χ1n) is 1.89. The monoisotopic (exact) mass is 199 g/mol. The summed E-state index contributed by atoms with van der Waals surface area (Å²) < 4.78 is 0. The maximum absolute atomic E-state index is 6.69. The first kappa shape index (κ1) is 11.1. The Morgan fingerprint density at radius 2 is 2.12 bits per heavy atom. The molecule has 5 heteroatoms. The van der Waals surface area contributed by atoms with Gasteiger partial charge in [-0.15, -0.1) is 17.0 Å². The molecule has 0 radical (unpaired) electrons. The van der Waals surface area contributed by atoms with Crippen LogP contribution in [-0.4, -0.2) is 10.5 Å². The van der Waals surface area contributed by atoms with E-state index in [0.29, 0.717) is 0 Å². The van der Waals surface area contributed by atoms with Crippen molar-refractivity contribution in [3.05, 3.63) is 0 Å². The number of rotatable bonds is 1. The second-order valence-corrected chi connectivity index (χ2v) is 2.61. The van der Waals surface area contributed by atoms with Gasteiger partial charge in [0.25, 0.3) is 0 Å². The van der Waals surface area contributed by atoms with E-state index >= 15 is 0 Å². The Hall–Kier alpha value is 0.260. The van der Waals surface area contributed by atoms with Gasteiger partial charge in [-0.05, 0) is 6.92 Å². The summed E-state index contributed by atoms with van der Waals surface area (Å²) in [7, 11) is 0. The van der Waals surface area contributed by atoms with Crippen molar-refractivity contribution in [2.75, 3.05) is 0 Å². The molecule has 0 spiro atoms. The number of thioether (sulfide) groups is 1. The van der Waals surface area contributed by atoms with E-state index in [1.54, 1.807) is 6.92 Å². The highest BCUT2D eigenvalue weighted by Gasteiger charge is 1.93. The zero-order chi connectivity index (χ0) is 5.86. The minimum atomic E-state index is -0.0579. The van der Waals surface area contributed by atoms with Crippen molar-refractivity contribution in [2.45, 2.75) is 12.3 Å². The molecule has 0 amide bonds. The third-order valence-corrected chi connectivity index (χ3v) is 0.939. The van der Waals surface area contributed by atoms with Gasteiger partial charge in [-0.3, -0.25) is 5.41 Å². The predicted molar refractivity (Wildman–Crippen MR) is 43.5 cm³/mol. The van der Waals surface area contributed by atoms with Crippen LogP contribution in [0.1, 0.15) is 6.92 Å². The van der Waals surface area contributed by atoms with Gasteiger partial charge in [0.2, 0.25) is 0 Å². The van der Waals surface area contributed by atoms with Crippen molar-refractivity contribution in [3.8, 4) is 0 Å². The Labute approximate surface area is 63.5 Å². The van der Waals surface area contributed by atoms with Gasteiger partial charge < -0.3 is 11.5 Å². The normalized spacial score (nSPS) is 11.8. The fraction of sp³-hybridized carbons (Fsp3) is 0.667. The van der Waals surface area contributed by atoms with Crippen LogP contribution in [0.2, 0.25) is 0 Å². The quantitative estimate of drug-likeness (QED) is 0.327. The number of hydrogen-bond donors (Lipinski definition) is 3. The van der Waals surface area contributed by atoms with Crippen LogP contribution in [-0.2, 0) is 0 Å². The summed E-state index contributed by atoms with van der Waals surface area (Å²) >= 11 is 1.15. The Kier molecular flexibility index (Phi) is 7.50. The van der Waals surface area contributed by atoms with E-state index in [2.05, 4.69) is 0 Å². The van der Waals surface area contributed by atoms with Crippen LogP contribution >= 0.6 is 28.7 Å². The molecule has 0 bridgehead atoms. The SMILES string of the molecule is Br.C[C@@H](N)SC(=N)N. The highest BCUT2D eigenvalue weighted by atomic mass is 79.9. The zero-order valence-electron chi connectivity index (χ0n) is 4.55. The average molecular weight is 200 g/mol. The van der Waals surface area contributed by atoms with Crippen LogP contribution < -0.4 is 11.5 Å². The third kappa shape index (κ3) is 9.54. The van der Waals surface area contributed by atoms with Gasteiger partial charge in [-0.2, -0.15) is 0 Å². The summed E-state index contributed by atoms with van der Waals surface area (Å²) in [5.41, 5.74) is 10.2. The molecule has 50 valence electrons. The van der Waals surface area contributed by atoms with E-state index in [1.165, 1.54) is 0 Å². The smallest absolute Gasteiger partial charge is 0.152 e. The molecule has 8 heavy (non-hydrogen) atoms. The van der Waals surface area contributed by atoms with Gasteiger partial charge in [-0.25, -0.2) is 0 Å². The van der Waals surface area contributed by atoms with Crippen LogP contribution in [0.25, 0.3) is 0 Å². The number of amidine groups is 1. The third-order valence-electron chi connectivity index (χ3n) is 0.313. The topological polar surface area (TPSA) is 75.9 Å². The lowest BCUT2D eigenvalue weighted by Crippen LogP contribution is -2.16. The predicted octanol–water partition coefficient (Wildman–Crippen LogP) is 0.496. The molecule has 0 rings (SSSR count). The Balaban J connectivity index is 0. The van der Waals surface area contributed by atoms with Crippen LogP contribution in [0.5, 0.6) is 0 Å². The van der Waals surface area contributed by atoms with Crippen molar-refractivity contribution in [2.24, 2.45) is 11.5 Å². The Morgan fingerprint density at radius 1 is 1.75 bits per heavy atom. The molecule has 0 fully saturated rings. The van der Waals surface area contributed by atoms with Crippen molar-refractivity contribution in [1.29, 1.82) is 5.41 Å². The summed E-state index contributed by atoms with van der Waals surface area (Å²) in [6.45, 7) is 1.78. The lowest BCUT2D eigenvalue weighted by Gasteiger charge is -1.98. The molecule has 5 N–H and O–H groups in total. The fourth-order valence-electron chi connectivity index (χ4n) is 0.200. The van der Waals surface area contributed by atoms with Crippen LogP contribution in [0, 0.1) is 5.41 Å². The molecule has 0 saturated carbocycles. The van der Waals surface area contributed by atoms with E-state index in [-0.39, 0.29) is 27.5 Å². The molecule has 0 aliphatic carbocycles. The molecule has 0 aromatic rings. The Morgan fingerprint density at radius 3 is 2.12 bits per heavy atom. The summed E-state index contributed by atoms with van der Waals surface area (Å²) in [5.74, 6) is 0. The van der Waals surface area contributed by atoms with Crippen molar-refractivity contribution in [1.82, 2.24) is 0 Å². The van der Waals surface area contributed by atoms with E-state index in [9.17, 15) is 0 Å². The molecule has 0 heterocycles. The van der Waals surface area contributed by atoms with Crippen molar-refractivity contribution < 1.29 is 0 Å². The summed E-state index contributed by atoms with van der Waals surface area (Å²) in [5, 5.41) is 6.71. The van der Waals surface area contributed by atoms with Crippen LogP contribution in [0.15, 0.2) is 0 Å². The largest absolute Gasteiger partial charge is 0.379 e. The molecular weight excluding hydrogens is 190 g/mol. The summed E-state index contributed by atoms with van der Waals surface area (Å²) in [4.78, 5) is 0. The molecule has 0 unspecified atom stereocenters. The van der Waals surface area contributed by atoms with Crippen LogP contribution in [0.4, 0.5) is 0 Å². The molecule has 0 aromatic heterocycles. The van der Waals surface area contributed by atoms with Gasteiger partial charge in [0.05, 0.1) is 5.37 Å². The van der Waals surface area contributed by atoms with Gasteiger partial charge in [0, 0.05) is 0 Å². The molecule has 0 aliphatic rings. The standard InChI is InChI=1S/C3H9N3S.BrH/c1-2(4)7-3(5)6;/h2H,4H2,1H3,(H3,5,6);1H/t2-;/m0./s1. The van der Waals surface area contributed by atoms with Gasteiger partial charge in [-0.1, -0.05) is 11.8 Å². The maximum atomic E-state index is 6.69. The highest BCUT2D eigenvalue weighted by molar-refractivity contribution is 8.93. The highest BCUT2D eigenvalue weighted by Crippen LogP contribution is 2.00. The zero-order valence-corrected chi connectivity index (χ0v) is 7.08. The Bertz CT molecular complexity index is 74.9. The number of halogens is 1. The first-order valence-corrected chi connectivity index (χ1v) is 2.77. The first-order chi connectivity index (χ1) is 3.13. The maximum Gasteiger partial charge on any atom is 0.152 e. The number of nitrogens with one attached hydrogen (secondary N) is 1. The lowest BCUT2D eigenvalue weighted by molar-refractivity contribution is 1.05. The second-order valence-electron chi connectivity index (χ2n) is 1.19. The van der Waals surface area contributed by atoms with E-state index in [4.69, 9.17) is 16.9 Å². The minimum Gasteiger partial charge on any atom is -0.379 e.